The molecule has 1 atom stereocenters. The van der Waals surface area contributed by atoms with E-state index in [1.54, 1.807) is 11.3 Å². The Morgan fingerprint density at radius 3 is 2.77 bits per heavy atom. The van der Waals surface area contributed by atoms with Crippen LogP contribution in [-0.4, -0.2) is 17.9 Å². The van der Waals surface area contributed by atoms with Gasteiger partial charge in [-0.1, -0.05) is 42.5 Å². The van der Waals surface area contributed by atoms with Gasteiger partial charge in [-0.25, -0.2) is 0 Å². The molecule has 1 aromatic heterocycles. The Kier molecular flexibility index (Phi) is 3.23. The maximum absolute atomic E-state index is 12.8. The zero-order chi connectivity index (χ0) is 15.1. The molecule has 3 aromatic rings. The van der Waals surface area contributed by atoms with E-state index in [9.17, 15) is 4.79 Å². The van der Waals surface area contributed by atoms with Gasteiger partial charge in [0.15, 0.2) is 0 Å². The smallest absolute Gasteiger partial charge is 0.264 e. The molecule has 0 N–H and O–H groups in total. The largest absolute Gasteiger partial charge is 0.334 e. The summed E-state index contributed by atoms with van der Waals surface area (Å²) in [7, 11) is 1.93. The molecule has 0 aliphatic heterocycles. The molecule has 0 saturated heterocycles. The number of fused-ring (bicyclic) bond motifs is 2. The van der Waals surface area contributed by atoms with Gasteiger partial charge >= 0.3 is 0 Å². The summed E-state index contributed by atoms with van der Waals surface area (Å²) in [5, 5.41) is 1.15. The van der Waals surface area contributed by atoms with Crippen LogP contribution in [0.4, 0.5) is 0 Å². The van der Waals surface area contributed by atoms with E-state index < -0.39 is 0 Å². The SMILES string of the molecule is CN(C(=O)c1cc2ccccc2s1)C1CCc2ccccc21. The monoisotopic (exact) mass is 307 g/mol. The lowest BCUT2D eigenvalue weighted by Crippen LogP contribution is -2.29. The van der Waals surface area contributed by atoms with Crippen molar-refractivity contribution in [2.24, 2.45) is 0 Å². The molecule has 2 nitrogen and oxygen atoms in total. The maximum Gasteiger partial charge on any atom is 0.264 e. The first-order chi connectivity index (χ1) is 10.7. The Morgan fingerprint density at radius 1 is 1.14 bits per heavy atom. The summed E-state index contributed by atoms with van der Waals surface area (Å²) < 4.78 is 1.17. The van der Waals surface area contributed by atoms with Crippen molar-refractivity contribution >= 4 is 27.3 Å². The second kappa shape index (κ2) is 5.25. The summed E-state index contributed by atoms with van der Waals surface area (Å²) in [5.74, 6) is 0.128. The lowest BCUT2D eigenvalue weighted by molar-refractivity contribution is 0.0735. The summed E-state index contributed by atoms with van der Waals surface area (Å²) >= 11 is 1.58. The van der Waals surface area contributed by atoms with Gasteiger partial charge in [-0.05, 0) is 41.5 Å². The van der Waals surface area contributed by atoms with Crippen molar-refractivity contribution in [2.45, 2.75) is 18.9 Å². The van der Waals surface area contributed by atoms with Crippen molar-refractivity contribution < 1.29 is 4.79 Å². The van der Waals surface area contributed by atoms with Crippen molar-refractivity contribution in [2.75, 3.05) is 7.05 Å². The van der Waals surface area contributed by atoms with Gasteiger partial charge in [0.25, 0.3) is 5.91 Å². The van der Waals surface area contributed by atoms with Crippen LogP contribution in [-0.2, 0) is 6.42 Å². The minimum Gasteiger partial charge on any atom is -0.334 e. The predicted octanol–water partition coefficient (Wildman–Crippen LogP) is 4.66. The number of rotatable bonds is 2. The third kappa shape index (κ3) is 2.13. The van der Waals surface area contributed by atoms with Crippen LogP contribution in [0.2, 0.25) is 0 Å². The highest BCUT2D eigenvalue weighted by molar-refractivity contribution is 7.20. The normalized spacial score (nSPS) is 16.7. The Hall–Kier alpha value is -2.13. The molecule has 0 fully saturated rings. The highest BCUT2D eigenvalue weighted by atomic mass is 32.1. The molecule has 1 unspecified atom stereocenters. The molecule has 3 heteroatoms. The van der Waals surface area contributed by atoms with Crippen LogP contribution in [0.5, 0.6) is 0 Å². The van der Waals surface area contributed by atoms with Crippen LogP contribution in [0.3, 0.4) is 0 Å². The third-order valence-corrected chi connectivity index (χ3v) is 5.63. The quantitative estimate of drug-likeness (QED) is 0.674. The number of hydrogen-bond donors (Lipinski definition) is 0. The standard InChI is InChI=1S/C19H17NOS/c1-20(16-11-10-13-6-2-4-8-15(13)16)19(21)18-12-14-7-3-5-9-17(14)22-18/h2-9,12,16H,10-11H2,1H3. The zero-order valence-electron chi connectivity index (χ0n) is 12.5. The fourth-order valence-electron chi connectivity index (χ4n) is 3.34. The fourth-order valence-corrected chi connectivity index (χ4v) is 4.39. The number of nitrogens with zero attached hydrogens (tertiary/aromatic N) is 1. The van der Waals surface area contributed by atoms with Gasteiger partial charge < -0.3 is 4.90 Å². The average Bonchev–Trinajstić information content (AvgIpc) is 3.17. The molecule has 0 radical (unpaired) electrons. The van der Waals surface area contributed by atoms with Gasteiger partial charge in [0.05, 0.1) is 10.9 Å². The van der Waals surface area contributed by atoms with E-state index in [0.717, 1.165) is 23.1 Å². The minimum absolute atomic E-state index is 0.128. The molecule has 1 aliphatic carbocycles. The molecule has 1 heterocycles. The summed E-state index contributed by atoms with van der Waals surface area (Å²) in [6, 6.07) is 18.9. The predicted molar refractivity (Wildman–Crippen MR) is 91.4 cm³/mol. The van der Waals surface area contributed by atoms with Gasteiger partial charge in [0, 0.05) is 11.7 Å². The number of aryl methyl sites for hydroxylation is 1. The number of hydrogen-bond acceptors (Lipinski definition) is 2. The van der Waals surface area contributed by atoms with Crippen molar-refractivity contribution in [1.29, 1.82) is 0 Å². The van der Waals surface area contributed by atoms with Crippen LogP contribution >= 0.6 is 11.3 Å². The average molecular weight is 307 g/mol. The fraction of sp³-hybridized carbons (Fsp3) is 0.211. The maximum atomic E-state index is 12.8. The molecule has 1 aliphatic rings. The van der Waals surface area contributed by atoms with Crippen LogP contribution in [0, 0.1) is 0 Å². The molecule has 110 valence electrons. The molecular formula is C19H17NOS. The molecule has 0 spiro atoms. The first-order valence-electron chi connectivity index (χ1n) is 7.57. The van der Waals surface area contributed by atoms with Gasteiger partial charge in [0.1, 0.15) is 0 Å². The minimum atomic E-state index is 0.128. The topological polar surface area (TPSA) is 20.3 Å². The van der Waals surface area contributed by atoms with E-state index in [2.05, 4.69) is 36.4 Å². The molecule has 2 aromatic carbocycles. The highest BCUT2D eigenvalue weighted by Gasteiger charge is 2.29. The van der Waals surface area contributed by atoms with E-state index in [4.69, 9.17) is 0 Å². The van der Waals surface area contributed by atoms with Crippen LogP contribution in [0.15, 0.2) is 54.6 Å². The first kappa shape index (κ1) is 13.5. The zero-order valence-corrected chi connectivity index (χ0v) is 13.3. The van der Waals surface area contributed by atoms with Crippen molar-refractivity contribution in [3.8, 4) is 0 Å². The van der Waals surface area contributed by atoms with Crippen LogP contribution in [0.1, 0.15) is 33.3 Å². The van der Waals surface area contributed by atoms with Crippen molar-refractivity contribution in [3.05, 3.63) is 70.6 Å². The Morgan fingerprint density at radius 2 is 1.91 bits per heavy atom. The van der Waals surface area contributed by atoms with E-state index >= 15 is 0 Å². The van der Waals surface area contributed by atoms with E-state index in [1.165, 1.54) is 15.8 Å². The summed E-state index contributed by atoms with van der Waals surface area (Å²) in [5.41, 5.74) is 2.68. The lowest BCUT2D eigenvalue weighted by Gasteiger charge is -2.25. The summed E-state index contributed by atoms with van der Waals surface area (Å²) in [4.78, 5) is 15.6. The lowest BCUT2D eigenvalue weighted by atomic mass is 10.1. The van der Waals surface area contributed by atoms with Gasteiger partial charge in [0.2, 0.25) is 0 Å². The number of thiophene rings is 1. The molecule has 0 saturated carbocycles. The first-order valence-corrected chi connectivity index (χ1v) is 8.39. The highest BCUT2D eigenvalue weighted by Crippen LogP contribution is 2.36. The molecular weight excluding hydrogens is 290 g/mol. The van der Waals surface area contributed by atoms with Crippen molar-refractivity contribution in [1.82, 2.24) is 4.90 Å². The molecule has 1 amide bonds. The van der Waals surface area contributed by atoms with Gasteiger partial charge in [-0.3, -0.25) is 4.79 Å². The summed E-state index contributed by atoms with van der Waals surface area (Å²) in [6.45, 7) is 0. The molecule has 22 heavy (non-hydrogen) atoms. The van der Waals surface area contributed by atoms with Crippen molar-refractivity contribution in [3.63, 3.8) is 0 Å². The van der Waals surface area contributed by atoms with E-state index in [1.807, 2.05) is 30.1 Å². The van der Waals surface area contributed by atoms with Crippen LogP contribution < -0.4 is 0 Å². The Labute approximate surface area is 134 Å². The summed E-state index contributed by atoms with van der Waals surface area (Å²) in [6.07, 6.45) is 2.08. The number of carbonyl (C=O) groups is 1. The van der Waals surface area contributed by atoms with E-state index in [-0.39, 0.29) is 11.9 Å². The number of amides is 1. The molecule has 4 rings (SSSR count). The van der Waals surface area contributed by atoms with E-state index in [0.29, 0.717) is 0 Å². The second-order valence-corrected chi connectivity index (χ2v) is 6.90. The van der Waals surface area contributed by atoms with Gasteiger partial charge in [-0.15, -0.1) is 11.3 Å². The second-order valence-electron chi connectivity index (χ2n) is 5.82. The Bertz CT molecular complexity index is 818. The Balaban J connectivity index is 1.65. The van der Waals surface area contributed by atoms with Gasteiger partial charge in [-0.2, -0.15) is 0 Å². The number of benzene rings is 2. The molecule has 0 bridgehead atoms. The van der Waals surface area contributed by atoms with Crippen LogP contribution in [0.25, 0.3) is 10.1 Å². The third-order valence-electron chi connectivity index (χ3n) is 4.53. The number of carbonyl (C=O) groups excluding carboxylic acids is 1.